The topological polar surface area (TPSA) is 58.6 Å². The minimum Gasteiger partial charge on any atom is -0.346 e. The number of aromatic nitrogens is 1. The first-order valence-corrected chi connectivity index (χ1v) is 5.87. The lowest BCUT2D eigenvalue weighted by atomic mass is 9.69. The fourth-order valence-corrected chi connectivity index (χ4v) is 2.98. The zero-order valence-electron chi connectivity index (χ0n) is 9.20. The normalized spacial score (nSPS) is 22.6. The number of nitrogens with zero attached hydrogens (tertiary/aromatic N) is 1. The zero-order valence-corrected chi connectivity index (χ0v) is 9.20. The van der Waals surface area contributed by atoms with Crippen molar-refractivity contribution >= 4 is 11.7 Å². The van der Waals surface area contributed by atoms with Crippen molar-refractivity contribution in [2.45, 2.75) is 24.7 Å². The monoisotopic (exact) mass is 218 g/mol. The van der Waals surface area contributed by atoms with E-state index >= 15 is 0 Å². The highest BCUT2D eigenvalue weighted by Crippen LogP contribution is 2.41. The largest absolute Gasteiger partial charge is 0.346 e. The van der Waals surface area contributed by atoms with Crippen molar-refractivity contribution in [1.82, 2.24) is 4.98 Å². The molecule has 0 unspecified atom stereocenters. The lowest BCUT2D eigenvalue weighted by molar-refractivity contribution is -0.665. The van der Waals surface area contributed by atoms with Crippen LogP contribution in [-0.4, -0.2) is 24.0 Å². The Hall–Kier alpha value is -1.42. The highest BCUT2D eigenvalue weighted by Gasteiger charge is 2.42. The standard InChI is InChI=1S/C12H15N3O/c16-10-8-12(3-6-13-7-4-12)9-2-1-5-14-11(9)15-10/h1-2,5,13H,3-4,6-8H2,(H,14,15,16)/p+1. The number of hydrogen-bond donors (Lipinski definition) is 2. The molecule has 1 fully saturated rings. The van der Waals surface area contributed by atoms with Crippen LogP contribution in [0.3, 0.4) is 0 Å². The summed E-state index contributed by atoms with van der Waals surface area (Å²) in [7, 11) is 0. The Morgan fingerprint density at radius 3 is 3.00 bits per heavy atom. The van der Waals surface area contributed by atoms with Crippen LogP contribution in [0.25, 0.3) is 0 Å². The number of nitrogens with one attached hydrogen (secondary N) is 1. The molecule has 3 N–H and O–H groups in total. The second kappa shape index (κ2) is 3.56. The molecule has 0 bridgehead atoms. The summed E-state index contributed by atoms with van der Waals surface area (Å²) in [5.41, 5.74) is 1.29. The first kappa shape index (κ1) is 9.78. The number of carbonyl (C=O) groups excluding carboxylic acids is 1. The van der Waals surface area contributed by atoms with Crippen LogP contribution in [0.2, 0.25) is 0 Å². The summed E-state index contributed by atoms with van der Waals surface area (Å²) in [5.74, 6) is 0.897. The van der Waals surface area contributed by atoms with Crippen LogP contribution >= 0.6 is 0 Å². The first-order valence-electron chi connectivity index (χ1n) is 5.87. The summed E-state index contributed by atoms with van der Waals surface area (Å²) in [4.78, 5) is 16.0. The SMILES string of the molecule is O=C1CC2(CC[NH2+]CC2)c2cccnc2N1. The smallest absolute Gasteiger partial charge is 0.226 e. The Morgan fingerprint density at radius 1 is 1.38 bits per heavy atom. The molecule has 1 spiro atoms. The van der Waals surface area contributed by atoms with Gasteiger partial charge < -0.3 is 10.6 Å². The second-order valence-corrected chi connectivity index (χ2v) is 4.77. The lowest BCUT2D eigenvalue weighted by Crippen LogP contribution is -2.87. The van der Waals surface area contributed by atoms with Gasteiger partial charge in [-0.05, 0) is 6.07 Å². The quantitative estimate of drug-likeness (QED) is 0.645. The van der Waals surface area contributed by atoms with Gasteiger partial charge in [0.05, 0.1) is 13.1 Å². The van der Waals surface area contributed by atoms with Crippen LogP contribution < -0.4 is 10.6 Å². The molecule has 3 rings (SSSR count). The maximum atomic E-state index is 11.7. The minimum atomic E-state index is 0.0562. The van der Waals surface area contributed by atoms with Crippen molar-refractivity contribution in [2.75, 3.05) is 18.4 Å². The molecule has 0 radical (unpaired) electrons. The summed E-state index contributed by atoms with van der Waals surface area (Å²) < 4.78 is 0. The molecule has 3 heterocycles. The lowest BCUT2D eigenvalue weighted by Gasteiger charge is -2.39. The molecule has 2 aliphatic heterocycles. The number of fused-ring (bicyclic) bond motifs is 2. The van der Waals surface area contributed by atoms with Crippen LogP contribution in [0, 0.1) is 0 Å². The zero-order chi connectivity index (χ0) is 11.0. The van der Waals surface area contributed by atoms with Gasteiger partial charge in [0, 0.05) is 36.4 Å². The molecule has 0 saturated carbocycles. The van der Waals surface area contributed by atoms with Crippen LogP contribution in [0.15, 0.2) is 18.3 Å². The molecule has 4 heteroatoms. The minimum absolute atomic E-state index is 0.0562. The first-order chi connectivity index (χ1) is 7.80. The van der Waals surface area contributed by atoms with Crippen LogP contribution in [0.4, 0.5) is 5.82 Å². The molecule has 0 aliphatic carbocycles. The Labute approximate surface area is 94.5 Å². The van der Waals surface area contributed by atoms with Gasteiger partial charge >= 0.3 is 0 Å². The molecule has 16 heavy (non-hydrogen) atoms. The van der Waals surface area contributed by atoms with Gasteiger partial charge in [0.1, 0.15) is 5.82 Å². The maximum Gasteiger partial charge on any atom is 0.226 e. The van der Waals surface area contributed by atoms with Crippen LogP contribution in [-0.2, 0) is 10.2 Å². The number of amides is 1. The third-order valence-corrected chi connectivity index (χ3v) is 3.79. The van der Waals surface area contributed by atoms with Gasteiger partial charge in [-0.2, -0.15) is 0 Å². The van der Waals surface area contributed by atoms with Gasteiger partial charge in [-0.15, -0.1) is 0 Å². The van der Waals surface area contributed by atoms with E-state index in [1.807, 2.05) is 6.07 Å². The Kier molecular flexibility index (Phi) is 2.17. The predicted molar refractivity (Wildman–Crippen MR) is 60.1 cm³/mol. The van der Waals surface area contributed by atoms with Gasteiger partial charge in [0.2, 0.25) is 5.91 Å². The maximum absolute atomic E-state index is 11.7. The summed E-state index contributed by atoms with van der Waals surface area (Å²) in [6.07, 6.45) is 4.53. The highest BCUT2D eigenvalue weighted by atomic mass is 16.1. The van der Waals surface area contributed by atoms with Crippen LogP contribution in [0.5, 0.6) is 0 Å². The average molecular weight is 218 g/mol. The molecule has 1 aromatic heterocycles. The fraction of sp³-hybridized carbons (Fsp3) is 0.500. The molecular weight excluding hydrogens is 202 g/mol. The van der Waals surface area contributed by atoms with E-state index in [2.05, 4.69) is 21.7 Å². The molecule has 1 aromatic rings. The number of nitrogens with two attached hydrogens (primary N) is 1. The van der Waals surface area contributed by atoms with Crippen molar-refractivity contribution in [2.24, 2.45) is 0 Å². The third-order valence-electron chi connectivity index (χ3n) is 3.79. The van der Waals surface area contributed by atoms with E-state index in [9.17, 15) is 4.79 Å². The number of piperidine rings is 1. The number of quaternary nitrogens is 1. The van der Waals surface area contributed by atoms with Crippen molar-refractivity contribution in [3.8, 4) is 0 Å². The second-order valence-electron chi connectivity index (χ2n) is 4.77. The molecule has 0 atom stereocenters. The summed E-state index contributed by atoms with van der Waals surface area (Å²) in [6, 6.07) is 4.09. The third kappa shape index (κ3) is 1.41. The molecule has 2 aliphatic rings. The summed E-state index contributed by atoms with van der Waals surface area (Å²) in [5, 5.41) is 5.20. The number of carbonyl (C=O) groups is 1. The van der Waals surface area contributed by atoms with E-state index in [0.29, 0.717) is 6.42 Å². The number of hydrogen-bond acceptors (Lipinski definition) is 2. The van der Waals surface area contributed by atoms with Crippen molar-refractivity contribution in [1.29, 1.82) is 0 Å². The van der Waals surface area contributed by atoms with E-state index in [-0.39, 0.29) is 11.3 Å². The average Bonchev–Trinajstić information content (AvgIpc) is 2.30. The summed E-state index contributed by atoms with van der Waals surface area (Å²) in [6.45, 7) is 2.23. The van der Waals surface area contributed by atoms with E-state index in [1.54, 1.807) is 6.20 Å². The van der Waals surface area contributed by atoms with E-state index in [1.165, 1.54) is 5.56 Å². The van der Waals surface area contributed by atoms with E-state index in [4.69, 9.17) is 0 Å². The fourth-order valence-electron chi connectivity index (χ4n) is 2.98. The van der Waals surface area contributed by atoms with Gasteiger partial charge in [-0.25, -0.2) is 4.98 Å². The Balaban J connectivity index is 2.08. The van der Waals surface area contributed by atoms with Gasteiger partial charge in [-0.1, -0.05) is 6.07 Å². The Morgan fingerprint density at radius 2 is 2.19 bits per heavy atom. The molecule has 1 saturated heterocycles. The summed E-state index contributed by atoms with van der Waals surface area (Å²) >= 11 is 0. The number of anilines is 1. The number of pyridine rings is 1. The molecular formula is C12H16N3O+. The van der Waals surface area contributed by atoms with Crippen molar-refractivity contribution < 1.29 is 10.1 Å². The molecule has 4 nitrogen and oxygen atoms in total. The van der Waals surface area contributed by atoms with Crippen LogP contribution in [0.1, 0.15) is 24.8 Å². The van der Waals surface area contributed by atoms with Crippen molar-refractivity contribution in [3.05, 3.63) is 23.9 Å². The van der Waals surface area contributed by atoms with Gasteiger partial charge in [0.15, 0.2) is 0 Å². The molecule has 1 amide bonds. The predicted octanol–water partition coefficient (Wildman–Crippen LogP) is 0.0188. The van der Waals surface area contributed by atoms with Gasteiger partial charge in [0.25, 0.3) is 0 Å². The molecule has 84 valence electrons. The van der Waals surface area contributed by atoms with Crippen molar-refractivity contribution in [3.63, 3.8) is 0 Å². The molecule has 0 aromatic carbocycles. The Bertz CT molecular complexity index is 424. The number of rotatable bonds is 0. The highest BCUT2D eigenvalue weighted by molar-refractivity contribution is 5.94. The van der Waals surface area contributed by atoms with Gasteiger partial charge in [-0.3, -0.25) is 4.79 Å². The van der Waals surface area contributed by atoms with E-state index in [0.717, 1.165) is 31.7 Å². The van der Waals surface area contributed by atoms with E-state index < -0.39 is 0 Å².